The van der Waals surface area contributed by atoms with E-state index in [4.69, 9.17) is 4.74 Å². The highest BCUT2D eigenvalue weighted by molar-refractivity contribution is 7.98. The number of nitrogens with zero attached hydrogens (tertiary/aromatic N) is 1. The van der Waals surface area contributed by atoms with Gasteiger partial charge in [0.1, 0.15) is 17.7 Å². The van der Waals surface area contributed by atoms with E-state index in [1.54, 1.807) is 39.6 Å². The number of hydrogen-bond donors (Lipinski definition) is 2. The number of alkyl carbamates (subject to hydrolysis) is 1. The first kappa shape index (κ1) is 27.8. The van der Waals surface area contributed by atoms with Crippen LogP contribution in [0, 0.1) is 6.92 Å². The molecule has 8 heteroatoms. The van der Waals surface area contributed by atoms with Crippen molar-refractivity contribution < 1.29 is 19.1 Å². The van der Waals surface area contributed by atoms with E-state index in [2.05, 4.69) is 17.6 Å². The van der Waals surface area contributed by atoms with E-state index < -0.39 is 23.8 Å². The topological polar surface area (TPSA) is 87.7 Å². The van der Waals surface area contributed by atoms with Crippen LogP contribution in [-0.4, -0.2) is 60.1 Å². The summed E-state index contributed by atoms with van der Waals surface area (Å²) in [6.45, 7) is 9.83. The second-order valence-electron chi connectivity index (χ2n) is 8.83. The Morgan fingerprint density at radius 2 is 1.84 bits per heavy atom. The summed E-state index contributed by atoms with van der Waals surface area (Å²) in [5.74, 6) is 0.117. The molecule has 2 atom stereocenters. The summed E-state index contributed by atoms with van der Waals surface area (Å²) in [6, 6.07) is 5.95. The molecule has 0 heterocycles. The minimum Gasteiger partial charge on any atom is -0.444 e. The molecule has 0 saturated carbocycles. The Morgan fingerprint density at radius 1 is 1.19 bits per heavy atom. The number of rotatable bonds is 11. The second kappa shape index (κ2) is 13.4. The second-order valence-corrected chi connectivity index (χ2v) is 9.82. The lowest BCUT2D eigenvalue weighted by atomic mass is 9.98. The van der Waals surface area contributed by atoms with Crippen LogP contribution in [0.2, 0.25) is 0 Å². The van der Waals surface area contributed by atoms with Crippen molar-refractivity contribution in [2.45, 2.75) is 71.6 Å². The van der Waals surface area contributed by atoms with Crippen molar-refractivity contribution >= 4 is 29.7 Å². The van der Waals surface area contributed by atoms with Crippen LogP contribution in [0.5, 0.6) is 0 Å². The minimum absolute atomic E-state index is 0.232. The lowest BCUT2D eigenvalue weighted by Gasteiger charge is -2.32. The molecule has 7 nitrogen and oxygen atoms in total. The first-order valence-electron chi connectivity index (χ1n) is 11.1. The number of aryl methyl sites for hydroxylation is 1. The molecule has 180 valence electrons. The molecular formula is C24H39N3O4S. The SMILES string of the molecule is CCCCNC(=O)C(c1ccccc1C)N(C)C(=O)C(CCSC)NC(=O)OC(C)(C)C. The van der Waals surface area contributed by atoms with Gasteiger partial charge in [-0.15, -0.1) is 0 Å². The Bertz CT molecular complexity index is 764. The van der Waals surface area contributed by atoms with Crippen LogP contribution in [0.4, 0.5) is 4.79 Å². The molecular weight excluding hydrogens is 426 g/mol. The summed E-state index contributed by atoms with van der Waals surface area (Å²) in [5.41, 5.74) is 1.01. The molecule has 0 bridgehead atoms. The fourth-order valence-corrected chi connectivity index (χ4v) is 3.69. The number of carbonyl (C=O) groups excluding carboxylic acids is 3. The van der Waals surface area contributed by atoms with Gasteiger partial charge in [0.15, 0.2) is 0 Å². The van der Waals surface area contributed by atoms with E-state index in [1.165, 1.54) is 4.90 Å². The molecule has 1 aromatic rings. The van der Waals surface area contributed by atoms with Crippen LogP contribution in [0.1, 0.15) is 64.1 Å². The van der Waals surface area contributed by atoms with Gasteiger partial charge in [-0.25, -0.2) is 4.79 Å². The summed E-state index contributed by atoms with van der Waals surface area (Å²) < 4.78 is 5.35. The average molecular weight is 466 g/mol. The Kier molecular flexibility index (Phi) is 11.6. The van der Waals surface area contributed by atoms with Crippen molar-refractivity contribution in [2.24, 2.45) is 0 Å². The monoisotopic (exact) mass is 465 g/mol. The Morgan fingerprint density at radius 3 is 2.41 bits per heavy atom. The minimum atomic E-state index is -0.794. The summed E-state index contributed by atoms with van der Waals surface area (Å²) >= 11 is 1.58. The standard InChI is InChI=1S/C24H39N3O4S/c1-8-9-15-25-21(28)20(18-13-11-10-12-17(18)2)27(6)22(29)19(14-16-32-7)26-23(30)31-24(3,4)5/h10-13,19-20H,8-9,14-16H2,1-7H3,(H,25,28)(H,26,30). The smallest absolute Gasteiger partial charge is 0.408 e. The predicted octanol–water partition coefficient (Wildman–Crippen LogP) is 4.06. The first-order chi connectivity index (χ1) is 15.0. The van der Waals surface area contributed by atoms with Gasteiger partial charge in [-0.3, -0.25) is 9.59 Å². The maximum Gasteiger partial charge on any atom is 0.408 e. The fourth-order valence-electron chi connectivity index (χ4n) is 3.22. The molecule has 2 unspecified atom stereocenters. The van der Waals surface area contributed by atoms with Crippen molar-refractivity contribution in [1.82, 2.24) is 15.5 Å². The van der Waals surface area contributed by atoms with Crippen LogP contribution in [-0.2, 0) is 14.3 Å². The number of ether oxygens (including phenoxy) is 1. The van der Waals surface area contributed by atoms with Crippen LogP contribution in [0.25, 0.3) is 0 Å². The van der Waals surface area contributed by atoms with Gasteiger partial charge in [0.05, 0.1) is 0 Å². The van der Waals surface area contributed by atoms with Gasteiger partial charge < -0.3 is 20.3 Å². The maximum atomic E-state index is 13.5. The third-order valence-electron chi connectivity index (χ3n) is 4.90. The maximum absolute atomic E-state index is 13.5. The van der Waals surface area contributed by atoms with Gasteiger partial charge in [0.2, 0.25) is 11.8 Å². The van der Waals surface area contributed by atoms with Crippen molar-refractivity contribution in [3.05, 3.63) is 35.4 Å². The van der Waals surface area contributed by atoms with E-state index in [9.17, 15) is 14.4 Å². The number of unbranched alkanes of at least 4 members (excludes halogenated alkanes) is 1. The van der Waals surface area contributed by atoms with Crippen molar-refractivity contribution in [2.75, 3.05) is 25.6 Å². The molecule has 0 spiro atoms. The number of likely N-dealkylation sites (N-methyl/N-ethyl adjacent to an activating group) is 1. The van der Waals surface area contributed by atoms with E-state index >= 15 is 0 Å². The van der Waals surface area contributed by atoms with Crippen LogP contribution in [0.3, 0.4) is 0 Å². The first-order valence-corrected chi connectivity index (χ1v) is 12.5. The molecule has 0 aromatic heterocycles. The van der Waals surface area contributed by atoms with Crippen LogP contribution in [0.15, 0.2) is 24.3 Å². The number of thioether (sulfide) groups is 1. The highest BCUT2D eigenvalue weighted by Gasteiger charge is 2.34. The lowest BCUT2D eigenvalue weighted by molar-refractivity contribution is -0.140. The van der Waals surface area contributed by atoms with E-state index in [-0.39, 0.29) is 11.8 Å². The lowest BCUT2D eigenvalue weighted by Crippen LogP contribution is -2.52. The molecule has 0 radical (unpaired) electrons. The molecule has 3 amide bonds. The molecule has 1 rings (SSSR count). The van der Waals surface area contributed by atoms with E-state index in [1.807, 2.05) is 37.4 Å². The third kappa shape index (κ3) is 9.10. The Labute approximate surface area is 197 Å². The van der Waals surface area contributed by atoms with Crippen molar-refractivity contribution in [3.8, 4) is 0 Å². The Balaban J connectivity index is 3.17. The zero-order valence-corrected chi connectivity index (χ0v) is 21.3. The quantitative estimate of drug-likeness (QED) is 0.481. The largest absolute Gasteiger partial charge is 0.444 e. The average Bonchev–Trinajstić information content (AvgIpc) is 2.71. The molecule has 1 aromatic carbocycles. The number of amides is 3. The van der Waals surface area contributed by atoms with Gasteiger partial charge in [-0.05, 0) is 63.7 Å². The van der Waals surface area contributed by atoms with E-state index in [0.717, 1.165) is 24.0 Å². The highest BCUT2D eigenvalue weighted by atomic mass is 32.2. The molecule has 2 N–H and O–H groups in total. The molecule has 0 aliphatic rings. The molecule has 0 aliphatic heterocycles. The number of benzene rings is 1. The predicted molar refractivity (Wildman–Crippen MR) is 131 cm³/mol. The normalized spacial score (nSPS) is 13.1. The van der Waals surface area contributed by atoms with Gasteiger partial charge in [0.25, 0.3) is 0 Å². The molecule has 0 aliphatic carbocycles. The zero-order valence-electron chi connectivity index (χ0n) is 20.5. The van der Waals surface area contributed by atoms with E-state index in [0.29, 0.717) is 18.7 Å². The van der Waals surface area contributed by atoms with Gasteiger partial charge in [-0.2, -0.15) is 11.8 Å². The van der Waals surface area contributed by atoms with Crippen LogP contribution >= 0.6 is 11.8 Å². The summed E-state index contributed by atoms with van der Waals surface area (Å²) in [4.78, 5) is 40.4. The number of hydrogen-bond acceptors (Lipinski definition) is 5. The Hall–Kier alpha value is -2.22. The van der Waals surface area contributed by atoms with Crippen molar-refractivity contribution in [1.29, 1.82) is 0 Å². The number of carbonyl (C=O) groups is 3. The highest BCUT2D eigenvalue weighted by Crippen LogP contribution is 2.24. The summed E-state index contributed by atoms with van der Waals surface area (Å²) in [5, 5.41) is 5.65. The summed E-state index contributed by atoms with van der Waals surface area (Å²) in [7, 11) is 1.61. The van der Waals surface area contributed by atoms with Crippen molar-refractivity contribution in [3.63, 3.8) is 0 Å². The van der Waals surface area contributed by atoms with Gasteiger partial charge in [-0.1, -0.05) is 37.6 Å². The molecule has 0 saturated heterocycles. The fraction of sp³-hybridized carbons (Fsp3) is 0.625. The summed E-state index contributed by atoms with van der Waals surface area (Å²) in [6.07, 6.45) is 3.55. The third-order valence-corrected chi connectivity index (χ3v) is 5.54. The van der Waals surface area contributed by atoms with Crippen LogP contribution < -0.4 is 10.6 Å². The van der Waals surface area contributed by atoms with Gasteiger partial charge >= 0.3 is 6.09 Å². The number of nitrogens with one attached hydrogen (secondary N) is 2. The molecule has 32 heavy (non-hydrogen) atoms. The molecule has 0 fully saturated rings. The van der Waals surface area contributed by atoms with Gasteiger partial charge in [0, 0.05) is 13.6 Å². The zero-order chi connectivity index (χ0) is 24.3.